The largest absolute Gasteiger partial charge is 1.20 e. The van der Waals surface area contributed by atoms with E-state index in [1.165, 1.54) is 76.5 Å². The summed E-state index contributed by atoms with van der Waals surface area (Å²) < 4.78 is 21.4. The number of rotatable bonds is 10. The van der Waals surface area contributed by atoms with E-state index in [1.807, 2.05) is 91.0 Å². The van der Waals surface area contributed by atoms with Crippen molar-refractivity contribution >= 4 is 96.6 Å². The van der Waals surface area contributed by atoms with Gasteiger partial charge in [0.2, 0.25) is 0 Å². The van der Waals surface area contributed by atoms with Crippen LogP contribution in [0.15, 0.2) is 292 Å². The molecule has 0 unspecified atom stereocenters. The standard InChI is InChI=1S/C47H30N2.3C9H7NO.Al/c1-2-12-35-28-36(25-20-31(35)10-1)47-42-17-7-5-15-40(42)46(41-16-6-8-18-43(41)47)34-23-21-33(22-24-34)44-30-49-29-37(26-27-45(49)48-44)39-19-9-13-32-11-3-4-14-38(32)39;3*11-8-5-1-3-7-4-2-6-10-9(7)8;/h1-30H;3*1-6,11H;/q;;;;+3/p-3. The average molecular weight is 1080 g/mol. The minimum atomic E-state index is -2.86. The lowest BCUT2D eigenvalue weighted by atomic mass is 9.85. The molecule has 5 heterocycles. The molecule has 0 spiro atoms. The molecule has 0 aliphatic rings. The van der Waals surface area contributed by atoms with Crippen molar-refractivity contribution in [2.45, 2.75) is 0 Å². The maximum Gasteiger partial charge on any atom is 1.20 e. The molecule has 11 aromatic carbocycles. The second kappa shape index (κ2) is 21.4. The first kappa shape index (κ1) is 49.4. The molecule has 8 nitrogen and oxygen atoms in total. The predicted molar refractivity (Wildman–Crippen MR) is 340 cm³/mol. The number of aromatic nitrogens is 5. The highest BCUT2D eigenvalue weighted by molar-refractivity contribution is 6.40. The van der Waals surface area contributed by atoms with E-state index in [4.69, 9.17) is 16.3 Å². The van der Waals surface area contributed by atoms with E-state index in [9.17, 15) is 0 Å². The summed E-state index contributed by atoms with van der Waals surface area (Å²) in [6, 6.07) is 90.5. The highest BCUT2D eigenvalue weighted by atomic mass is 27.3. The molecule has 0 bridgehead atoms. The van der Waals surface area contributed by atoms with Crippen LogP contribution in [0.2, 0.25) is 0 Å². The summed E-state index contributed by atoms with van der Waals surface area (Å²) in [6.45, 7) is 0. The summed E-state index contributed by atoms with van der Waals surface area (Å²) in [6.07, 6.45) is 9.57. The monoisotopic (exact) mass is 1080 g/mol. The molecule has 390 valence electrons. The second-order valence-corrected chi connectivity index (χ2v) is 21.7. The van der Waals surface area contributed by atoms with Gasteiger partial charge in [-0.05, 0) is 131 Å². The van der Waals surface area contributed by atoms with Gasteiger partial charge in [-0.3, -0.25) is 15.0 Å². The smallest absolute Gasteiger partial charge is 0.576 e. The molecule has 16 aromatic rings. The van der Waals surface area contributed by atoms with Crippen LogP contribution >= 0.6 is 0 Å². The van der Waals surface area contributed by atoms with Crippen LogP contribution in [0.25, 0.3) is 126 Å². The van der Waals surface area contributed by atoms with Gasteiger partial charge < -0.3 is 15.8 Å². The van der Waals surface area contributed by atoms with Crippen molar-refractivity contribution in [1.29, 1.82) is 0 Å². The number of para-hydroxylation sites is 3. The third-order valence-electron chi connectivity index (χ3n) is 15.4. The van der Waals surface area contributed by atoms with Crippen molar-refractivity contribution in [2.24, 2.45) is 0 Å². The van der Waals surface area contributed by atoms with Crippen molar-refractivity contribution in [3.05, 3.63) is 292 Å². The zero-order valence-electron chi connectivity index (χ0n) is 44.8. The number of imidazole rings is 1. The van der Waals surface area contributed by atoms with E-state index in [-0.39, 0.29) is 0 Å². The molecule has 0 fully saturated rings. The minimum Gasteiger partial charge on any atom is -0.576 e. The van der Waals surface area contributed by atoms with Gasteiger partial charge in [-0.1, -0.05) is 206 Å². The summed E-state index contributed by atoms with van der Waals surface area (Å²) in [5, 5.41) is 13.0. The molecule has 0 radical (unpaired) electrons. The van der Waals surface area contributed by atoms with Gasteiger partial charge in [-0.2, -0.15) is 0 Å². The van der Waals surface area contributed by atoms with Gasteiger partial charge in [-0.15, -0.1) is 0 Å². The third kappa shape index (κ3) is 9.46. The Morgan fingerprint density at radius 2 is 0.723 bits per heavy atom. The molecule has 0 atom stereocenters. The van der Waals surface area contributed by atoms with Crippen LogP contribution in [0.4, 0.5) is 0 Å². The predicted octanol–water partition coefficient (Wildman–Crippen LogP) is 18.5. The fourth-order valence-corrected chi connectivity index (χ4v) is 12.9. The van der Waals surface area contributed by atoms with Crippen LogP contribution in [0.1, 0.15) is 0 Å². The number of hydrogen-bond donors (Lipinski definition) is 0. The Kier molecular flexibility index (Phi) is 12.7. The Balaban J connectivity index is 0.000000152. The van der Waals surface area contributed by atoms with E-state index < -0.39 is 15.1 Å². The Morgan fingerprint density at radius 1 is 0.301 bits per heavy atom. The van der Waals surface area contributed by atoms with E-state index in [1.54, 1.807) is 18.6 Å². The maximum atomic E-state index is 6.41. The lowest BCUT2D eigenvalue weighted by molar-refractivity contribution is 0.311. The van der Waals surface area contributed by atoms with Gasteiger partial charge in [0.25, 0.3) is 0 Å². The summed E-state index contributed by atoms with van der Waals surface area (Å²) in [7, 11) is 0. The summed E-state index contributed by atoms with van der Waals surface area (Å²) in [5.41, 5.74) is 12.6. The van der Waals surface area contributed by atoms with Crippen LogP contribution < -0.4 is 11.4 Å². The Hall–Kier alpha value is -10.7. The molecular formula is C74H48AlN5O3. The molecule has 83 heavy (non-hydrogen) atoms. The van der Waals surface area contributed by atoms with Crippen LogP contribution in [-0.2, 0) is 0 Å². The number of nitrogens with zero attached hydrogens (tertiary/aromatic N) is 5. The number of pyridine rings is 4. The van der Waals surface area contributed by atoms with E-state index in [0.29, 0.717) is 17.2 Å². The molecule has 0 saturated carbocycles. The van der Waals surface area contributed by atoms with Gasteiger partial charge in [0.05, 0.1) is 5.69 Å². The molecule has 0 saturated heterocycles. The normalized spacial score (nSPS) is 11.4. The molecule has 5 aromatic heterocycles. The molecule has 0 N–H and O–H groups in total. The molecule has 0 amide bonds. The number of fused-ring (bicyclic) bond motifs is 8. The molecule has 16 rings (SSSR count). The Morgan fingerprint density at radius 3 is 1.29 bits per heavy atom. The highest BCUT2D eigenvalue weighted by Crippen LogP contribution is 2.45. The quantitative estimate of drug-likeness (QED) is 0.0996. The Bertz CT molecular complexity index is 4850. The first-order valence-electron chi connectivity index (χ1n) is 27.7. The van der Waals surface area contributed by atoms with E-state index >= 15 is 0 Å². The highest BCUT2D eigenvalue weighted by Gasteiger charge is 2.46. The zero-order chi connectivity index (χ0) is 55.1. The van der Waals surface area contributed by atoms with Crippen LogP contribution in [0, 0.1) is 0 Å². The molecular weight excluding hydrogens is 1030 g/mol. The van der Waals surface area contributed by atoms with Crippen LogP contribution in [0.5, 0.6) is 17.2 Å². The lowest BCUT2D eigenvalue weighted by Gasteiger charge is -2.18. The van der Waals surface area contributed by atoms with Crippen LogP contribution in [-0.4, -0.2) is 39.5 Å². The lowest BCUT2D eigenvalue weighted by Crippen LogP contribution is -2.37. The molecule has 0 aliphatic heterocycles. The van der Waals surface area contributed by atoms with Crippen molar-refractivity contribution in [1.82, 2.24) is 24.3 Å². The maximum absolute atomic E-state index is 6.41. The molecule has 9 heteroatoms. The van der Waals surface area contributed by atoms with E-state index in [0.717, 1.165) is 49.6 Å². The topological polar surface area (TPSA) is 83.7 Å². The first-order valence-corrected chi connectivity index (χ1v) is 29.1. The first-order chi connectivity index (χ1) is 41.1. The van der Waals surface area contributed by atoms with Gasteiger partial charge in [0.15, 0.2) is 0 Å². The average Bonchev–Trinajstić information content (AvgIpc) is 4.18. The van der Waals surface area contributed by atoms with Gasteiger partial charge in [0, 0.05) is 52.7 Å². The fourth-order valence-electron chi connectivity index (χ4n) is 11.6. The zero-order valence-corrected chi connectivity index (χ0v) is 45.9. The molecule has 0 aliphatic carbocycles. The number of benzene rings is 11. The number of hydrogen-bond acceptors (Lipinski definition) is 7. The summed E-state index contributed by atoms with van der Waals surface area (Å²) >= 11 is -2.86. The fraction of sp³-hybridized carbons (Fsp3) is 0. The van der Waals surface area contributed by atoms with Crippen molar-refractivity contribution in [3.63, 3.8) is 0 Å². The second-order valence-electron chi connectivity index (χ2n) is 20.5. The van der Waals surface area contributed by atoms with Gasteiger partial charge in [-0.25, -0.2) is 4.98 Å². The van der Waals surface area contributed by atoms with Crippen LogP contribution in [0.3, 0.4) is 0 Å². The van der Waals surface area contributed by atoms with Crippen molar-refractivity contribution < 1.29 is 11.4 Å². The van der Waals surface area contributed by atoms with E-state index in [2.05, 4.69) is 202 Å². The SMILES string of the molecule is c1ccc2cc(-c3c4ccccc4c(-c4ccc(-c5cn6cc(-c7cccc8ccccc78)ccc6n5)cc4)c4ccccc34)ccc2c1.c1cnc2c([O][Al]([O]c3cccc4cccnc34)[O]c3cccc4cccnc34)cccc2c1. The Labute approximate surface area is 483 Å². The minimum absolute atomic E-state index is 0.608. The van der Waals surface area contributed by atoms with Gasteiger partial charge >= 0.3 is 15.1 Å². The van der Waals surface area contributed by atoms with Gasteiger partial charge in [0.1, 0.15) is 39.4 Å². The summed E-state index contributed by atoms with van der Waals surface area (Å²) in [4.78, 5) is 18.5. The third-order valence-corrected chi connectivity index (χ3v) is 16.8. The van der Waals surface area contributed by atoms with Crippen molar-refractivity contribution in [3.8, 4) is 61.9 Å². The summed E-state index contributed by atoms with van der Waals surface area (Å²) in [5.74, 6) is 1.82. The van der Waals surface area contributed by atoms with Crippen molar-refractivity contribution in [2.75, 3.05) is 0 Å².